The number of ketones is 1. The van der Waals surface area contributed by atoms with E-state index in [9.17, 15) is 9.59 Å². The van der Waals surface area contributed by atoms with Crippen molar-refractivity contribution in [3.63, 3.8) is 0 Å². The summed E-state index contributed by atoms with van der Waals surface area (Å²) in [5, 5.41) is 6.66. The lowest BCUT2D eigenvalue weighted by Gasteiger charge is -2.04. The quantitative estimate of drug-likeness (QED) is 0.679. The van der Waals surface area contributed by atoms with Gasteiger partial charge in [0, 0.05) is 30.2 Å². The van der Waals surface area contributed by atoms with Gasteiger partial charge in [-0.2, -0.15) is 0 Å². The van der Waals surface area contributed by atoms with Crippen LogP contribution in [0.2, 0.25) is 0 Å². The van der Waals surface area contributed by atoms with Crippen molar-refractivity contribution in [1.82, 2.24) is 10.5 Å². The fraction of sp³-hybridized carbons (Fsp3) is 0.190. The van der Waals surface area contributed by atoms with Crippen molar-refractivity contribution >= 4 is 11.7 Å². The van der Waals surface area contributed by atoms with E-state index in [0.717, 1.165) is 16.7 Å². The number of hydrogen-bond acceptors (Lipinski definition) is 4. The van der Waals surface area contributed by atoms with Crippen LogP contribution in [0.3, 0.4) is 0 Å². The molecule has 132 valence electrons. The van der Waals surface area contributed by atoms with Crippen LogP contribution in [0, 0.1) is 6.92 Å². The zero-order chi connectivity index (χ0) is 18.5. The van der Waals surface area contributed by atoms with Crippen LogP contribution in [-0.4, -0.2) is 16.8 Å². The van der Waals surface area contributed by atoms with Crippen molar-refractivity contribution in [2.24, 2.45) is 0 Å². The lowest BCUT2D eigenvalue weighted by atomic mass is 10.1. The SMILES string of the molecule is CCC(=O)c1ccc(CNC(=O)c2cc(-c3cccc(C)c3)on2)cc1. The van der Waals surface area contributed by atoms with E-state index in [0.29, 0.717) is 24.3 Å². The van der Waals surface area contributed by atoms with Gasteiger partial charge in [0.2, 0.25) is 0 Å². The van der Waals surface area contributed by atoms with Gasteiger partial charge in [-0.1, -0.05) is 60.1 Å². The van der Waals surface area contributed by atoms with Crippen LogP contribution in [0.5, 0.6) is 0 Å². The van der Waals surface area contributed by atoms with Crippen LogP contribution in [0.4, 0.5) is 0 Å². The molecule has 0 fully saturated rings. The molecule has 1 N–H and O–H groups in total. The molecule has 3 aromatic rings. The number of amides is 1. The molecule has 0 bridgehead atoms. The number of nitrogens with zero attached hydrogens (tertiary/aromatic N) is 1. The molecule has 0 saturated heterocycles. The summed E-state index contributed by atoms with van der Waals surface area (Å²) in [4.78, 5) is 23.9. The molecule has 3 rings (SSSR count). The van der Waals surface area contributed by atoms with Crippen molar-refractivity contribution in [3.05, 3.63) is 77.0 Å². The van der Waals surface area contributed by atoms with Crippen molar-refractivity contribution in [2.75, 3.05) is 0 Å². The molecule has 5 heteroatoms. The predicted octanol–water partition coefficient (Wildman–Crippen LogP) is 4.17. The minimum Gasteiger partial charge on any atom is -0.355 e. The molecule has 1 amide bonds. The average Bonchev–Trinajstić information content (AvgIpc) is 3.16. The van der Waals surface area contributed by atoms with Crippen LogP contribution in [0.1, 0.15) is 45.3 Å². The van der Waals surface area contributed by atoms with Crippen molar-refractivity contribution in [2.45, 2.75) is 26.8 Å². The van der Waals surface area contributed by atoms with Gasteiger partial charge in [-0.3, -0.25) is 9.59 Å². The van der Waals surface area contributed by atoms with Gasteiger partial charge >= 0.3 is 0 Å². The number of rotatable bonds is 6. The smallest absolute Gasteiger partial charge is 0.273 e. The normalized spacial score (nSPS) is 10.5. The van der Waals surface area contributed by atoms with Gasteiger partial charge in [0.1, 0.15) is 0 Å². The molecule has 1 heterocycles. The molecule has 0 aliphatic carbocycles. The number of nitrogens with one attached hydrogen (secondary N) is 1. The molecular weight excluding hydrogens is 328 g/mol. The molecule has 0 radical (unpaired) electrons. The highest BCUT2D eigenvalue weighted by atomic mass is 16.5. The van der Waals surface area contributed by atoms with E-state index in [4.69, 9.17) is 4.52 Å². The molecule has 5 nitrogen and oxygen atoms in total. The Hall–Kier alpha value is -3.21. The predicted molar refractivity (Wildman–Crippen MR) is 98.9 cm³/mol. The van der Waals surface area contributed by atoms with E-state index in [1.165, 1.54) is 0 Å². The summed E-state index contributed by atoms with van der Waals surface area (Å²) in [5.74, 6) is 0.356. The highest BCUT2D eigenvalue weighted by Gasteiger charge is 2.13. The van der Waals surface area contributed by atoms with Crippen LogP contribution in [-0.2, 0) is 6.54 Å². The van der Waals surface area contributed by atoms with Gasteiger partial charge < -0.3 is 9.84 Å². The minimum atomic E-state index is -0.304. The van der Waals surface area contributed by atoms with Crippen LogP contribution in [0.25, 0.3) is 11.3 Å². The molecule has 1 aromatic heterocycles. The Balaban J connectivity index is 1.63. The van der Waals surface area contributed by atoms with E-state index in [1.807, 2.05) is 50.2 Å². The summed E-state index contributed by atoms with van der Waals surface area (Å²) in [5.41, 5.74) is 3.82. The Morgan fingerprint density at radius 1 is 1.08 bits per heavy atom. The topological polar surface area (TPSA) is 72.2 Å². The number of carbonyl (C=O) groups is 2. The first-order chi connectivity index (χ1) is 12.6. The van der Waals surface area contributed by atoms with Gasteiger partial charge in [0.15, 0.2) is 17.2 Å². The van der Waals surface area contributed by atoms with Gasteiger partial charge in [-0.25, -0.2) is 0 Å². The van der Waals surface area contributed by atoms with E-state index in [-0.39, 0.29) is 17.4 Å². The van der Waals surface area contributed by atoms with E-state index < -0.39 is 0 Å². The molecule has 0 saturated carbocycles. The monoisotopic (exact) mass is 348 g/mol. The van der Waals surface area contributed by atoms with Gasteiger partial charge in [0.05, 0.1) is 0 Å². The first-order valence-corrected chi connectivity index (χ1v) is 8.51. The third-order valence-electron chi connectivity index (χ3n) is 4.10. The zero-order valence-corrected chi connectivity index (χ0v) is 14.8. The first kappa shape index (κ1) is 17.6. The number of carbonyl (C=O) groups excluding carboxylic acids is 2. The lowest BCUT2D eigenvalue weighted by Crippen LogP contribution is -2.23. The largest absolute Gasteiger partial charge is 0.355 e. The van der Waals surface area contributed by atoms with Crippen molar-refractivity contribution in [1.29, 1.82) is 0 Å². The van der Waals surface area contributed by atoms with Crippen LogP contribution >= 0.6 is 0 Å². The summed E-state index contributed by atoms with van der Waals surface area (Å²) in [7, 11) is 0. The maximum atomic E-state index is 12.3. The molecule has 0 unspecified atom stereocenters. The maximum absolute atomic E-state index is 12.3. The third kappa shape index (κ3) is 4.06. The Bertz CT molecular complexity index is 926. The summed E-state index contributed by atoms with van der Waals surface area (Å²) in [6.07, 6.45) is 0.478. The summed E-state index contributed by atoms with van der Waals surface area (Å²) in [6, 6.07) is 16.7. The van der Waals surface area contributed by atoms with Crippen LogP contribution < -0.4 is 5.32 Å². The lowest BCUT2D eigenvalue weighted by molar-refractivity contribution is 0.0940. The maximum Gasteiger partial charge on any atom is 0.273 e. The Kier molecular flexibility index (Phi) is 5.27. The highest BCUT2D eigenvalue weighted by Crippen LogP contribution is 2.21. The van der Waals surface area contributed by atoms with Gasteiger partial charge in [0.25, 0.3) is 5.91 Å². The van der Waals surface area contributed by atoms with Crippen molar-refractivity contribution in [3.8, 4) is 11.3 Å². The number of aromatic nitrogens is 1. The minimum absolute atomic E-state index is 0.104. The summed E-state index contributed by atoms with van der Waals surface area (Å²) < 4.78 is 5.28. The molecule has 2 aromatic carbocycles. The number of hydrogen-bond donors (Lipinski definition) is 1. The second kappa shape index (κ2) is 7.78. The van der Waals surface area contributed by atoms with E-state index in [1.54, 1.807) is 18.2 Å². The number of Topliss-reactive ketones (excluding diaryl/α,β-unsaturated/α-hetero) is 1. The summed E-state index contributed by atoms with van der Waals surface area (Å²) >= 11 is 0. The Morgan fingerprint density at radius 3 is 2.54 bits per heavy atom. The van der Waals surface area contributed by atoms with Crippen LogP contribution in [0.15, 0.2) is 59.1 Å². The number of benzene rings is 2. The molecule has 0 atom stereocenters. The van der Waals surface area contributed by atoms with E-state index in [2.05, 4.69) is 10.5 Å². The second-order valence-corrected chi connectivity index (χ2v) is 6.10. The molecule has 0 aliphatic rings. The Morgan fingerprint density at radius 2 is 1.85 bits per heavy atom. The molecular formula is C21H20N2O3. The first-order valence-electron chi connectivity index (χ1n) is 8.51. The average molecular weight is 348 g/mol. The standard InChI is InChI=1S/C21H20N2O3/c1-3-19(24)16-9-7-15(8-10-16)13-22-21(25)18-12-20(26-23-18)17-6-4-5-14(2)11-17/h4-12H,3,13H2,1-2H3,(H,22,25). The highest BCUT2D eigenvalue weighted by molar-refractivity contribution is 5.96. The summed E-state index contributed by atoms with van der Waals surface area (Å²) in [6.45, 7) is 4.18. The van der Waals surface area contributed by atoms with Gasteiger partial charge in [-0.15, -0.1) is 0 Å². The third-order valence-corrected chi connectivity index (χ3v) is 4.10. The molecule has 0 aliphatic heterocycles. The number of aryl methyl sites for hydroxylation is 1. The van der Waals surface area contributed by atoms with Gasteiger partial charge in [-0.05, 0) is 18.6 Å². The fourth-order valence-corrected chi connectivity index (χ4v) is 2.60. The van der Waals surface area contributed by atoms with E-state index >= 15 is 0 Å². The molecule has 26 heavy (non-hydrogen) atoms. The Labute approximate surface area is 152 Å². The molecule has 0 spiro atoms. The van der Waals surface area contributed by atoms with Crippen molar-refractivity contribution < 1.29 is 14.1 Å². The fourth-order valence-electron chi connectivity index (χ4n) is 2.60. The zero-order valence-electron chi connectivity index (χ0n) is 14.8. The second-order valence-electron chi connectivity index (χ2n) is 6.10.